The fraction of sp³-hybridized carbons (Fsp3) is 0.733. The molecule has 0 bridgehead atoms. The first kappa shape index (κ1) is 14.1. The molecule has 1 amide bonds. The SMILES string of the molecule is CCCCc1cn(C)nc1NC(=O)C1CCCCC1. The van der Waals surface area contributed by atoms with E-state index in [9.17, 15) is 4.79 Å². The molecule has 1 fully saturated rings. The summed E-state index contributed by atoms with van der Waals surface area (Å²) in [5.74, 6) is 1.12. The second-order valence-corrected chi connectivity index (χ2v) is 5.60. The lowest BCUT2D eigenvalue weighted by molar-refractivity contribution is -0.120. The number of carbonyl (C=O) groups is 1. The van der Waals surface area contributed by atoms with Crippen molar-refractivity contribution < 1.29 is 4.79 Å². The van der Waals surface area contributed by atoms with Gasteiger partial charge in [0.2, 0.25) is 5.91 Å². The number of hydrogen-bond acceptors (Lipinski definition) is 2. The van der Waals surface area contributed by atoms with Crippen molar-refractivity contribution in [1.29, 1.82) is 0 Å². The van der Waals surface area contributed by atoms with Gasteiger partial charge in [0.05, 0.1) is 0 Å². The maximum Gasteiger partial charge on any atom is 0.228 e. The van der Waals surface area contributed by atoms with Gasteiger partial charge in [-0.1, -0.05) is 32.6 Å². The van der Waals surface area contributed by atoms with Gasteiger partial charge in [-0.05, 0) is 25.7 Å². The molecule has 0 unspecified atom stereocenters. The van der Waals surface area contributed by atoms with Crippen LogP contribution in [0.4, 0.5) is 5.82 Å². The number of amides is 1. The molecule has 0 aliphatic heterocycles. The molecule has 4 nitrogen and oxygen atoms in total. The van der Waals surface area contributed by atoms with E-state index >= 15 is 0 Å². The van der Waals surface area contributed by atoms with E-state index in [0.29, 0.717) is 0 Å². The summed E-state index contributed by atoms with van der Waals surface area (Å²) < 4.78 is 1.79. The topological polar surface area (TPSA) is 46.9 Å². The summed E-state index contributed by atoms with van der Waals surface area (Å²) in [6.45, 7) is 2.18. The van der Waals surface area contributed by atoms with E-state index in [1.54, 1.807) is 4.68 Å². The third-order valence-corrected chi connectivity index (χ3v) is 3.92. The summed E-state index contributed by atoms with van der Waals surface area (Å²) in [5.41, 5.74) is 1.16. The molecule has 1 aromatic heterocycles. The highest BCUT2D eigenvalue weighted by Gasteiger charge is 2.22. The molecule has 0 atom stereocenters. The van der Waals surface area contributed by atoms with E-state index in [-0.39, 0.29) is 11.8 Å². The highest BCUT2D eigenvalue weighted by atomic mass is 16.2. The van der Waals surface area contributed by atoms with Crippen LogP contribution in [0.25, 0.3) is 0 Å². The van der Waals surface area contributed by atoms with Crippen LogP contribution in [0.15, 0.2) is 6.20 Å². The fourth-order valence-electron chi connectivity index (χ4n) is 2.78. The van der Waals surface area contributed by atoms with Gasteiger partial charge in [-0.25, -0.2) is 0 Å². The van der Waals surface area contributed by atoms with Crippen molar-refractivity contribution in [2.24, 2.45) is 13.0 Å². The second kappa shape index (κ2) is 6.73. The average molecular weight is 263 g/mol. The van der Waals surface area contributed by atoms with E-state index in [1.807, 2.05) is 13.2 Å². The molecule has 2 rings (SSSR count). The fourth-order valence-corrected chi connectivity index (χ4v) is 2.78. The number of carbonyl (C=O) groups excluding carboxylic acids is 1. The summed E-state index contributed by atoms with van der Waals surface area (Å²) in [6.07, 6.45) is 11.0. The molecule has 19 heavy (non-hydrogen) atoms. The Morgan fingerprint density at radius 3 is 2.84 bits per heavy atom. The molecule has 0 radical (unpaired) electrons. The zero-order valence-electron chi connectivity index (χ0n) is 12.1. The number of nitrogens with one attached hydrogen (secondary N) is 1. The molecule has 1 aliphatic carbocycles. The lowest BCUT2D eigenvalue weighted by Gasteiger charge is -2.20. The molecule has 0 aromatic carbocycles. The molecule has 0 saturated heterocycles. The van der Waals surface area contributed by atoms with E-state index in [4.69, 9.17) is 0 Å². The minimum atomic E-state index is 0.163. The molecule has 1 aliphatic rings. The molecule has 1 N–H and O–H groups in total. The van der Waals surface area contributed by atoms with Gasteiger partial charge < -0.3 is 5.32 Å². The predicted octanol–water partition coefficient (Wildman–Crippen LogP) is 3.28. The Kier molecular flexibility index (Phi) is 5.00. The lowest BCUT2D eigenvalue weighted by atomic mass is 9.88. The minimum absolute atomic E-state index is 0.163. The van der Waals surface area contributed by atoms with Gasteiger partial charge in [0.15, 0.2) is 5.82 Å². The number of nitrogens with zero attached hydrogens (tertiary/aromatic N) is 2. The molecular formula is C15H25N3O. The van der Waals surface area contributed by atoms with Crippen LogP contribution < -0.4 is 5.32 Å². The number of aryl methyl sites for hydroxylation is 2. The van der Waals surface area contributed by atoms with E-state index in [1.165, 1.54) is 19.3 Å². The van der Waals surface area contributed by atoms with Crippen LogP contribution in [0, 0.1) is 5.92 Å². The molecule has 1 aromatic rings. The first-order chi connectivity index (χ1) is 9.20. The molecule has 106 valence electrons. The Labute approximate surface area is 115 Å². The number of anilines is 1. The predicted molar refractivity (Wildman–Crippen MR) is 77.0 cm³/mol. The van der Waals surface area contributed by atoms with Crippen molar-refractivity contribution in [1.82, 2.24) is 9.78 Å². The third kappa shape index (κ3) is 3.82. The highest BCUT2D eigenvalue weighted by molar-refractivity contribution is 5.92. The van der Waals surface area contributed by atoms with Crippen molar-refractivity contribution >= 4 is 11.7 Å². The van der Waals surface area contributed by atoms with Crippen molar-refractivity contribution in [2.45, 2.75) is 58.3 Å². The van der Waals surface area contributed by atoms with E-state index < -0.39 is 0 Å². The third-order valence-electron chi connectivity index (χ3n) is 3.92. The summed E-state index contributed by atoms with van der Waals surface area (Å²) in [7, 11) is 1.91. The molecule has 1 heterocycles. The standard InChI is InChI=1S/C15H25N3O/c1-3-4-8-13-11-18(2)17-14(13)16-15(19)12-9-6-5-7-10-12/h11-12H,3-10H2,1-2H3,(H,16,17,19). The van der Waals surface area contributed by atoms with Gasteiger partial charge in [-0.15, -0.1) is 0 Å². The summed E-state index contributed by atoms with van der Waals surface area (Å²) >= 11 is 0. The molecule has 1 saturated carbocycles. The zero-order valence-corrected chi connectivity index (χ0v) is 12.1. The molecule has 0 spiro atoms. The van der Waals surface area contributed by atoms with Crippen LogP contribution in [-0.2, 0) is 18.3 Å². The normalized spacial score (nSPS) is 16.5. The Morgan fingerprint density at radius 1 is 1.42 bits per heavy atom. The first-order valence-electron chi connectivity index (χ1n) is 7.54. The van der Waals surface area contributed by atoms with Crippen molar-refractivity contribution in [3.05, 3.63) is 11.8 Å². The van der Waals surface area contributed by atoms with Gasteiger partial charge in [0.1, 0.15) is 0 Å². The Balaban J connectivity index is 1.98. The van der Waals surface area contributed by atoms with Gasteiger partial charge >= 0.3 is 0 Å². The highest BCUT2D eigenvalue weighted by Crippen LogP contribution is 2.25. The number of hydrogen-bond donors (Lipinski definition) is 1. The van der Waals surface area contributed by atoms with E-state index in [2.05, 4.69) is 17.3 Å². The van der Waals surface area contributed by atoms with Crippen molar-refractivity contribution in [3.8, 4) is 0 Å². The maximum absolute atomic E-state index is 12.2. The average Bonchev–Trinajstić information content (AvgIpc) is 2.77. The van der Waals surface area contributed by atoms with E-state index in [0.717, 1.165) is 43.5 Å². The smallest absolute Gasteiger partial charge is 0.228 e. The summed E-state index contributed by atoms with van der Waals surface area (Å²) in [6, 6.07) is 0. The Bertz CT molecular complexity index is 419. The summed E-state index contributed by atoms with van der Waals surface area (Å²) in [5, 5.41) is 7.42. The van der Waals surface area contributed by atoms with Crippen LogP contribution in [0.3, 0.4) is 0 Å². The van der Waals surface area contributed by atoms with Crippen molar-refractivity contribution in [2.75, 3.05) is 5.32 Å². The molecular weight excluding hydrogens is 238 g/mol. The van der Waals surface area contributed by atoms with Crippen molar-refractivity contribution in [3.63, 3.8) is 0 Å². The zero-order chi connectivity index (χ0) is 13.7. The maximum atomic E-state index is 12.2. The van der Waals surface area contributed by atoms with Crippen LogP contribution >= 0.6 is 0 Å². The van der Waals surface area contributed by atoms with Crippen LogP contribution in [0.2, 0.25) is 0 Å². The monoisotopic (exact) mass is 263 g/mol. The number of rotatable bonds is 5. The van der Waals surface area contributed by atoms with Crippen LogP contribution in [-0.4, -0.2) is 15.7 Å². The van der Waals surface area contributed by atoms with Crippen LogP contribution in [0.1, 0.15) is 57.4 Å². The number of aromatic nitrogens is 2. The first-order valence-corrected chi connectivity index (χ1v) is 7.54. The molecule has 4 heteroatoms. The lowest BCUT2D eigenvalue weighted by Crippen LogP contribution is -2.25. The second-order valence-electron chi connectivity index (χ2n) is 5.60. The number of unbranched alkanes of at least 4 members (excludes halogenated alkanes) is 1. The van der Waals surface area contributed by atoms with Gasteiger partial charge in [-0.3, -0.25) is 9.48 Å². The Morgan fingerprint density at radius 2 is 2.16 bits per heavy atom. The van der Waals surface area contributed by atoms with Gasteiger partial charge in [-0.2, -0.15) is 5.10 Å². The summed E-state index contributed by atoms with van der Waals surface area (Å²) in [4.78, 5) is 12.2. The largest absolute Gasteiger partial charge is 0.309 e. The van der Waals surface area contributed by atoms with Crippen LogP contribution in [0.5, 0.6) is 0 Å². The minimum Gasteiger partial charge on any atom is -0.309 e. The Hall–Kier alpha value is -1.32. The van der Waals surface area contributed by atoms with Gasteiger partial charge in [0.25, 0.3) is 0 Å². The quantitative estimate of drug-likeness (QED) is 0.886. The van der Waals surface area contributed by atoms with Gasteiger partial charge in [0, 0.05) is 24.7 Å².